The van der Waals surface area contributed by atoms with E-state index >= 15 is 0 Å². The number of hydrogen-bond donors (Lipinski definition) is 1. The number of hydrogen-bond acceptors (Lipinski definition) is 2. The molecule has 1 N–H and O–H groups in total. The van der Waals surface area contributed by atoms with Crippen molar-refractivity contribution in [2.24, 2.45) is 5.41 Å². The monoisotopic (exact) mass is 507 g/mol. The summed E-state index contributed by atoms with van der Waals surface area (Å²) < 4.78 is 5.34. The summed E-state index contributed by atoms with van der Waals surface area (Å²) in [7, 11) is 0. The van der Waals surface area contributed by atoms with Gasteiger partial charge in [-0.1, -0.05) is 180 Å². The SMILES string of the molecule is C1CCCCCCCCC1.C1CCCCCCCCC1.C=COCC1(CO)CCCCCCCCC1. The van der Waals surface area contributed by atoms with Crippen molar-refractivity contribution in [3.05, 3.63) is 12.8 Å². The highest BCUT2D eigenvalue weighted by Gasteiger charge is 2.29. The zero-order chi connectivity index (χ0) is 25.8. The third kappa shape index (κ3) is 20.5. The van der Waals surface area contributed by atoms with Gasteiger partial charge in [0.2, 0.25) is 0 Å². The van der Waals surface area contributed by atoms with Crippen molar-refractivity contribution in [2.45, 2.75) is 186 Å². The van der Waals surface area contributed by atoms with Gasteiger partial charge in [-0.15, -0.1) is 0 Å². The van der Waals surface area contributed by atoms with E-state index in [1.54, 1.807) is 0 Å². The molecule has 0 radical (unpaired) electrons. The lowest BCUT2D eigenvalue weighted by Gasteiger charge is -2.32. The summed E-state index contributed by atoms with van der Waals surface area (Å²) in [6, 6.07) is 0. The van der Waals surface area contributed by atoms with Gasteiger partial charge in [-0.05, 0) is 12.8 Å². The molecular weight excluding hydrogens is 440 g/mol. The van der Waals surface area contributed by atoms with Crippen LogP contribution in [0.15, 0.2) is 12.8 Å². The molecule has 0 bridgehead atoms. The van der Waals surface area contributed by atoms with Crippen LogP contribution in [0.1, 0.15) is 186 Å². The van der Waals surface area contributed by atoms with Crippen LogP contribution in [0.5, 0.6) is 0 Å². The van der Waals surface area contributed by atoms with Gasteiger partial charge in [0.25, 0.3) is 0 Å². The molecule has 0 heterocycles. The number of ether oxygens (including phenoxy) is 1. The highest BCUT2D eigenvalue weighted by Crippen LogP contribution is 2.33. The van der Waals surface area contributed by atoms with Gasteiger partial charge >= 0.3 is 0 Å². The molecule has 0 aromatic rings. The Hall–Kier alpha value is -0.500. The maximum atomic E-state index is 9.63. The van der Waals surface area contributed by atoms with Crippen LogP contribution >= 0.6 is 0 Å². The molecule has 0 amide bonds. The zero-order valence-corrected chi connectivity index (χ0v) is 24.6. The fourth-order valence-corrected chi connectivity index (χ4v) is 6.13. The Morgan fingerprint density at radius 2 is 0.667 bits per heavy atom. The van der Waals surface area contributed by atoms with E-state index in [2.05, 4.69) is 6.58 Å². The summed E-state index contributed by atoms with van der Waals surface area (Å²) in [5.41, 5.74) is -0.00840. The molecule has 0 spiro atoms. The van der Waals surface area contributed by atoms with Gasteiger partial charge in [0.1, 0.15) is 0 Å². The Morgan fingerprint density at radius 3 is 0.861 bits per heavy atom. The molecule has 3 saturated carbocycles. The second-order valence-corrected chi connectivity index (χ2v) is 12.2. The maximum absolute atomic E-state index is 9.63. The quantitative estimate of drug-likeness (QED) is 0.384. The highest BCUT2D eigenvalue weighted by molar-refractivity contribution is 4.80. The topological polar surface area (TPSA) is 29.5 Å². The predicted octanol–water partition coefficient (Wildman–Crippen LogP) is 11.5. The molecule has 2 nitrogen and oxygen atoms in total. The van der Waals surface area contributed by atoms with E-state index in [0.29, 0.717) is 6.61 Å². The third-order valence-corrected chi connectivity index (χ3v) is 8.76. The first-order chi connectivity index (χ1) is 17.8. The molecule has 0 aromatic heterocycles. The van der Waals surface area contributed by atoms with Crippen molar-refractivity contribution in [3.8, 4) is 0 Å². The molecule has 0 saturated heterocycles. The van der Waals surface area contributed by atoms with Crippen LogP contribution in [0, 0.1) is 5.41 Å². The predicted molar refractivity (Wildman–Crippen MR) is 160 cm³/mol. The molecule has 2 heteroatoms. The average Bonchev–Trinajstić information content (AvgIpc) is 2.93. The van der Waals surface area contributed by atoms with E-state index in [9.17, 15) is 5.11 Å². The average molecular weight is 507 g/mol. The molecule has 214 valence electrons. The molecular formula is C34H66O2. The van der Waals surface area contributed by atoms with Gasteiger partial charge in [-0.25, -0.2) is 0 Å². The standard InChI is InChI=1S/C14H26O2.2C10H20/c1-2-16-13-14(12-15)10-8-6-4-3-5-7-9-11-14;2*1-2-4-6-8-10-9-7-5-3-1/h2,15H,1,3-13H2;2*1-10H2. The Kier molecular flexibility index (Phi) is 24.3. The molecule has 0 aromatic carbocycles. The number of aliphatic hydroxyl groups excluding tert-OH is 1. The molecule has 0 aliphatic heterocycles. The van der Waals surface area contributed by atoms with Crippen LogP contribution < -0.4 is 0 Å². The molecule has 3 fully saturated rings. The molecule has 3 aliphatic rings. The summed E-state index contributed by atoms with van der Waals surface area (Å²) in [6.07, 6.45) is 42.8. The Labute approximate surface area is 227 Å². The maximum Gasteiger partial charge on any atom is 0.0951 e. The molecule has 36 heavy (non-hydrogen) atoms. The number of rotatable bonds is 4. The minimum Gasteiger partial charge on any atom is -0.501 e. The minimum absolute atomic E-state index is 0.00840. The largest absolute Gasteiger partial charge is 0.501 e. The van der Waals surface area contributed by atoms with Crippen molar-refractivity contribution in [1.82, 2.24) is 0 Å². The minimum atomic E-state index is -0.00840. The summed E-state index contributed by atoms with van der Waals surface area (Å²) in [4.78, 5) is 0. The Balaban J connectivity index is 0.000000282. The summed E-state index contributed by atoms with van der Waals surface area (Å²) in [5.74, 6) is 0. The van der Waals surface area contributed by atoms with E-state index < -0.39 is 0 Å². The van der Waals surface area contributed by atoms with Gasteiger partial charge in [0, 0.05) is 5.41 Å². The Morgan fingerprint density at radius 1 is 0.444 bits per heavy atom. The van der Waals surface area contributed by atoms with E-state index in [1.165, 1.54) is 180 Å². The molecule has 0 atom stereocenters. The molecule has 0 unspecified atom stereocenters. The lowest BCUT2D eigenvalue weighted by atomic mass is 9.78. The zero-order valence-electron chi connectivity index (χ0n) is 24.6. The lowest BCUT2D eigenvalue weighted by molar-refractivity contribution is 0.0272. The van der Waals surface area contributed by atoms with Crippen LogP contribution in [-0.4, -0.2) is 18.3 Å². The van der Waals surface area contributed by atoms with Crippen molar-refractivity contribution >= 4 is 0 Å². The summed E-state index contributed by atoms with van der Waals surface area (Å²) in [6.45, 7) is 4.46. The van der Waals surface area contributed by atoms with Gasteiger partial charge in [-0.2, -0.15) is 0 Å². The van der Waals surface area contributed by atoms with Crippen molar-refractivity contribution in [1.29, 1.82) is 0 Å². The molecule has 3 aliphatic carbocycles. The Bertz CT molecular complexity index is 350. The lowest BCUT2D eigenvalue weighted by Crippen LogP contribution is -2.31. The van der Waals surface area contributed by atoms with Crippen LogP contribution in [0.25, 0.3) is 0 Å². The van der Waals surface area contributed by atoms with Crippen molar-refractivity contribution in [3.63, 3.8) is 0 Å². The highest BCUT2D eigenvalue weighted by atomic mass is 16.5. The van der Waals surface area contributed by atoms with Gasteiger partial charge in [-0.3, -0.25) is 0 Å². The van der Waals surface area contributed by atoms with Gasteiger partial charge in [0.15, 0.2) is 0 Å². The second-order valence-electron chi connectivity index (χ2n) is 12.2. The van der Waals surface area contributed by atoms with E-state index in [0.717, 1.165) is 12.8 Å². The van der Waals surface area contributed by atoms with Crippen LogP contribution in [0.3, 0.4) is 0 Å². The first-order valence-electron chi connectivity index (χ1n) is 16.7. The summed E-state index contributed by atoms with van der Waals surface area (Å²) in [5, 5.41) is 9.63. The van der Waals surface area contributed by atoms with Crippen molar-refractivity contribution in [2.75, 3.05) is 13.2 Å². The fraction of sp³-hybridized carbons (Fsp3) is 0.941. The van der Waals surface area contributed by atoms with Crippen LogP contribution in [0.2, 0.25) is 0 Å². The van der Waals surface area contributed by atoms with Crippen molar-refractivity contribution < 1.29 is 9.84 Å². The second kappa shape index (κ2) is 26.1. The fourth-order valence-electron chi connectivity index (χ4n) is 6.13. The normalized spacial score (nSPS) is 23.2. The van der Waals surface area contributed by atoms with Gasteiger partial charge < -0.3 is 9.84 Å². The smallest absolute Gasteiger partial charge is 0.0951 e. The first kappa shape index (κ1) is 33.5. The van der Waals surface area contributed by atoms with Crippen LogP contribution in [-0.2, 0) is 4.74 Å². The first-order valence-corrected chi connectivity index (χ1v) is 16.7. The summed E-state index contributed by atoms with van der Waals surface area (Å²) >= 11 is 0. The number of aliphatic hydroxyl groups is 1. The van der Waals surface area contributed by atoms with E-state index in [1.807, 2.05) is 0 Å². The van der Waals surface area contributed by atoms with Crippen LogP contribution in [0.4, 0.5) is 0 Å². The third-order valence-electron chi connectivity index (χ3n) is 8.76. The molecule has 3 rings (SSSR count). The van der Waals surface area contributed by atoms with E-state index in [-0.39, 0.29) is 12.0 Å². The van der Waals surface area contributed by atoms with Gasteiger partial charge in [0.05, 0.1) is 19.5 Å². The van der Waals surface area contributed by atoms with E-state index in [4.69, 9.17) is 4.74 Å².